The molecule has 4 aliphatic rings. The molecule has 0 radical (unpaired) electrons. The molecule has 17 heteroatoms. The second-order valence-electron chi connectivity index (χ2n) is 14.2. The van der Waals surface area contributed by atoms with E-state index < -0.39 is 46.2 Å². The zero-order chi connectivity index (χ0) is 37.4. The van der Waals surface area contributed by atoms with Crippen LogP contribution in [0.25, 0.3) is 32.1 Å². The summed E-state index contributed by atoms with van der Waals surface area (Å²) in [4.78, 5) is 27.5. The lowest BCUT2D eigenvalue weighted by Crippen LogP contribution is -2.45. The van der Waals surface area contributed by atoms with Gasteiger partial charge in [-0.3, -0.25) is 9.69 Å². The Hall–Kier alpha value is -4.40. The Morgan fingerprint density at radius 3 is 2.72 bits per heavy atom. The van der Waals surface area contributed by atoms with Gasteiger partial charge in [-0.2, -0.15) is 28.4 Å². The quantitative estimate of drug-likeness (QED) is 0.207. The summed E-state index contributed by atoms with van der Waals surface area (Å²) in [5.41, 5.74) is 1.90. The number of halogens is 6. The maximum atomic E-state index is 17.2. The highest BCUT2D eigenvalue weighted by Crippen LogP contribution is 2.48. The van der Waals surface area contributed by atoms with E-state index in [-0.39, 0.29) is 94.0 Å². The number of carbonyl (C=O) groups excluding carboxylic acids is 1. The molecule has 2 N–H and O–H groups in total. The van der Waals surface area contributed by atoms with Crippen LogP contribution in [0, 0.1) is 28.9 Å². The van der Waals surface area contributed by atoms with E-state index >= 15 is 17.6 Å². The Labute approximate surface area is 304 Å². The van der Waals surface area contributed by atoms with Crippen LogP contribution in [0.4, 0.5) is 37.2 Å². The monoisotopic (exact) mass is 759 g/mol. The van der Waals surface area contributed by atoms with Gasteiger partial charge in [-0.1, -0.05) is 6.07 Å². The number of rotatable bonds is 8. The fourth-order valence-electron chi connectivity index (χ4n) is 8.53. The van der Waals surface area contributed by atoms with Crippen LogP contribution in [0.1, 0.15) is 43.7 Å². The summed E-state index contributed by atoms with van der Waals surface area (Å²) in [5, 5.41) is 9.25. The Balaban J connectivity index is 1.31. The number of ether oxygens (including phenoxy) is 2. The summed E-state index contributed by atoms with van der Waals surface area (Å²) in [7, 11) is 0. The Morgan fingerprint density at radius 1 is 1.23 bits per heavy atom. The smallest absolute Gasteiger partial charge is 0.417 e. The number of nitrogens with zero attached hydrogens (tertiary/aromatic N) is 6. The number of alkyl halides is 4. The van der Waals surface area contributed by atoms with Gasteiger partial charge in [-0.05, 0) is 50.4 Å². The average Bonchev–Trinajstić information content (AvgIpc) is 3.86. The lowest BCUT2D eigenvalue weighted by Gasteiger charge is -2.33. The molecule has 3 unspecified atom stereocenters. The van der Waals surface area contributed by atoms with E-state index in [9.17, 15) is 18.8 Å². The first-order valence-corrected chi connectivity index (χ1v) is 18.3. The summed E-state index contributed by atoms with van der Waals surface area (Å²) < 4.78 is 103. The van der Waals surface area contributed by atoms with Crippen LogP contribution in [-0.4, -0.2) is 96.0 Å². The zero-order valence-electron chi connectivity index (χ0n) is 28.6. The number of fused-ring (bicyclic) bond motifs is 3. The first-order chi connectivity index (χ1) is 25.3. The van der Waals surface area contributed by atoms with E-state index in [0.717, 1.165) is 24.6 Å². The lowest BCUT2D eigenvalue weighted by molar-refractivity contribution is -0.148. The maximum Gasteiger partial charge on any atom is 0.417 e. The standard InChI is InChI=1S/C36H35F6N7O3S/c1-2-49(20-6-9-47(14-20)33(50)18-15-51-16-18)32-22-10-24(36(40,41)42)27(21-4-5-25(38)30-26(21)23(12-43)31(44)53-30)28(39)29(22)45-34(46-32)52-17-35-7-3-8-48(35)13-19(37)11-35/h4-5,10,18-20H,2-3,6-9,11,13-17,44H2,1H3. The van der Waals surface area contributed by atoms with Gasteiger partial charge < -0.3 is 25.0 Å². The van der Waals surface area contributed by atoms with Crippen molar-refractivity contribution in [2.75, 3.05) is 63.2 Å². The van der Waals surface area contributed by atoms with Crippen molar-refractivity contribution in [3.05, 3.63) is 41.0 Å². The fourth-order valence-corrected chi connectivity index (χ4v) is 9.48. The average molecular weight is 760 g/mol. The van der Waals surface area contributed by atoms with Gasteiger partial charge >= 0.3 is 12.2 Å². The predicted octanol–water partition coefficient (Wildman–Crippen LogP) is 6.29. The number of likely N-dealkylation sites (N-methyl/N-ethyl adjacent to an activating group) is 1. The number of aromatic nitrogens is 2. The molecule has 1 amide bonds. The molecule has 4 aromatic rings. The first-order valence-electron chi connectivity index (χ1n) is 17.5. The number of nitrogen functional groups attached to an aromatic ring is 1. The molecular weight excluding hydrogens is 724 g/mol. The molecule has 3 atom stereocenters. The highest BCUT2D eigenvalue weighted by Gasteiger charge is 2.49. The van der Waals surface area contributed by atoms with Crippen LogP contribution in [0.3, 0.4) is 0 Å². The molecular formula is C36H35F6N7O3S. The van der Waals surface area contributed by atoms with Crippen molar-refractivity contribution in [2.45, 2.75) is 56.5 Å². The summed E-state index contributed by atoms with van der Waals surface area (Å²) in [6, 6.07) is 3.82. The van der Waals surface area contributed by atoms with Crippen molar-refractivity contribution in [1.29, 1.82) is 5.26 Å². The van der Waals surface area contributed by atoms with Crippen LogP contribution in [0.5, 0.6) is 6.01 Å². The Kier molecular flexibility index (Phi) is 8.85. The van der Waals surface area contributed by atoms with Gasteiger partial charge in [0.25, 0.3) is 0 Å². The Bertz CT molecular complexity index is 2170. The Morgan fingerprint density at radius 2 is 2.02 bits per heavy atom. The van der Waals surface area contributed by atoms with E-state index in [1.54, 1.807) is 16.7 Å². The van der Waals surface area contributed by atoms with Gasteiger partial charge in [0.05, 0.1) is 40.5 Å². The van der Waals surface area contributed by atoms with Crippen LogP contribution in [0.2, 0.25) is 0 Å². The number of hydrogen-bond acceptors (Lipinski definition) is 10. The number of benzene rings is 2. The molecule has 0 bridgehead atoms. The number of nitrogens with two attached hydrogens (primary N) is 1. The van der Waals surface area contributed by atoms with Crippen LogP contribution < -0.4 is 15.4 Å². The number of nitriles is 1. The summed E-state index contributed by atoms with van der Waals surface area (Å²) in [5.74, 6) is -2.54. The maximum absolute atomic E-state index is 17.2. The summed E-state index contributed by atoms with van der Waals surface area (Å²) in [6.07, 6.45) is -3.99. The third-order valence-electron chi connectivity index (χ3n) is 11.1. The minimum absolute atomic E-state index is 0.0208. The molecule has 53 heavy (non-hydrogen) atoms. The third-order valence-corrected chi connectivity index (χ3v) is 12.2. The van der Waals surface area contributed by atoms with Crippen LogP contribution in [0.15, 0.2) is 18.2 Å². The second kappa shape index (κ2) is 13.2. The van der Waals surface area contributed by atoms with Gasteiger partial charge in [0, 0.05) is 55.0 Å². The molecule has 2 aromatic carbocycles. The fraction of sp³-hybridized carbons (Fsp3) is 0.500. The van der Waals surface area contributed by atoms with E-state index in [4.69, 9.17) is 15.2 Å². The molecule has 0 spiro atoms. The number of hydrogen-bond donors (Lipinski definition) is 1. The number of amides is 1. The molecule has 0 aliphatic carbocycles. The highest BCUT2D eigenvalue weighted by molar-refractivity contribution is 7.23. The molecule has 6 heterocycles. The first kappa shape index (κ1) is 35.6. The van der Waals surface area contributed by atoms with Crippen molar-refractivity contribution in [1.82, 2.24) is 19.8 Å². The molecule has 280 valence electrons. The second-order valence-corrected chi connectivity index (χ2v) is 15.3. The van der Waals surface area contributed by atoms with Gasteiger partial charge in [-0.15, -0.1) is 11.3 Å². The number of anilines is 2. The van der Waals surface area contributed by atoms with Gasteiger partial charge in [0.1, 0.15) is 41.0 Å². The van der Waals surface area contributed by atoms with Crippen molar-refractivity contribution in [3.8, 4) is 23.2 Å². The van der Waals surface area contributed by atoms with Gasteiger partial charge in [0.15, 0.2) is 5.82 Å². The molecule has 2 aromatic heterocycles. The molecule has 10 nitrogen and oxygen atoms in total. The van der Waals surface area contributed by atoms with Crippen molar-refractivity contribution in [3.63, 3.8) is 0 Å². The number of thiophene rings is 1. The van der Waals surface area contributed by atoms with Crippen LogP contribution >= 0.6 is 11.3 Å². The zero-order valence-corrected chi connectivity index (χ0v) is 29.4. The summed E-state index contributed by atoms with van der Waals surface area (Å²) >= 11 is 0.681. The topological polar surface area (TPSA) is 121 Å². The molecule has 4 fully saturated rings. The minimum Gasteiger partial charge on any atom is -0.461 e. The molecule has 4 saturated heterocycles. The molecule has 0 saturated carbocycles. The van der Waals surface area contributed by atoms with E-state index in [0.29, 0.717) is 50.5 Å². The largest absolute Gasteiger partial charge is 0.461 e. The third kappa shape index (κ3) is 5.89. The van der Waals surface area contributed by atoms with E-state index in [1.165, 1.54) is 0 Å². The van der Waals surface area contributed by atoms with Crippen molar-refractivity contribution in [2.24, 2.45) is 5.92 Å². The SMILES string of the molecule is CCN(c1nc(OCC23CCCN2CC(F)C3)nc2c(F)c(-c3ccc(F)c4sc(N)c(C#N)c34)c(C(F)(F)F)cc12)C1CCN(C(=O)C2COC2)C1. The lowest BCUT2D eigenvalue weighted by atomic mass is 9.92. The highest BCUT2D eigenvalue weighted by atomic mass is 32.1. The van der Waals surface area contributed by atoms with E-state index in [2.05, 4.69) is 9.97 Å². The normalized spacial score (nSPS) is 23.5. The summed E-state index contributed by atoms with van der Waals surface area (Å²) in [6.45, 7) is 4.25. The number of likely N-dealkylation sites (tertiary alicyclic amines) is 1. The van der Waals surface area contributed by atoms with Crippen molar-refractivity contribution >= 4 is 49.1 Å². The van der Waals surface area contributed by atoms with E-state index in [1.807, 2.05) is 11.0 Å². The molecule has 4 aliphatic heterocycles. The minimum atomic E-state index is -5.12. The number of carbonyl (C=O) groups is 1. The predicted molar refractivity (Wildman–Crippen MR) is 185 cm³/mol. The van der Waals surface area contributed by atoms with Gasteiger partial charge in [-0.25, -0.2) is 13.2 Å². The van der Waals surface area contributed by atoms with Crippen molar-refractivity contribution < 1.29 is 40.6 Å². The van der Waals surface area contributed by atoms with Gasteiger partial charge in [0.2, 0.25) is 5.91 Å². The molecule has 8 rings (SSSR count). The van der Waals surface area contributed by atoms with Crippen LogP contribution in [-0.2, 0) is 15.7 Å².